The number of fused-ring (bicyclic) bond motifs is 3. The Morgan fingerprint density at radius 1 is 0.938 bits per heavy atom. The maximum Gasteiger partial charge on any atom is 0.351 e. The van der Waals surface area contributed by atoms with E-state index in [1.807, 2.05) is 24.3 Å². The molecule has 8 heteroatoms. The first-order chi connectivity index (χ1) is 15.6. The molecule has 32 heavy (non-hydrogen) atoms. The lowest BCUT2D eigenvalue weighted by Gasteiger charge is -2.11. The van der Waals surface area contributed by atoms with E-state index in [0.717, 1.165) is 5.39 Å². The second kappa shape index (κ2) is 7.81. The van der Waals surface area contributed by atoms with Gasteiger partial charge >= 0.3 is 5.69 Å². The average molecular weight is 430 g/mol. The zero-order valence-electron chi connectivity index (χ0n) is 17.4. The van der Waals surface area contributed by atoms with E-state index in [0.29, 0.717) is 39.6 Å². The molecule has 0 radical (unpaired) electrons. The zero-order chi connectivity index (χ0) is 22.2. The average Bonchev–Trinajstić information content (AvgIpc) is 3.28. The number of methoxy groups -OCH3 is 2. The minimum Gasteiger partial charge on any atom is -0.497 e. The molecule has 0 aliphatic rings. The predicted octanol–water partition coefficient (Wildman–Crippen LogP) is 3.92. The van der Waals surface area contributed by atoms with Gasteiger partial charge < -0.3 is 9.47 Å². The molecule has 2 heterocycles. The minimum atomic E-state index is -0.407. The van der Waals surface area contributed by atoms with Crippen molar-refractivity contribution in [2.45, 2.75) is 6.54 Å². The van der Waals surface area contributed by atoms with Gasteiger partial charge in [0.1, 0.15) is 17.3 Å². The molecule has 0 aliphatic heterocycles. The third kappa shape index (κ3) is 3.26. The molecule has 160 valence electrons. The first-order valence-corrected chi connectivity index (χ1v) is 9.94. The fourth-order valence-corrected chi connectivity index (χ4v) is 3.74. The van der Waals surface area contributed by atoms with E-state index >= 15 is 0 Å². The topological polar surface area (TPSA) is 70.7 Å². The number of para-hydroxylation sites is 1. The highest BCUT2D eigenvalue weighted by Crippen LogP contribution is 2.29. The van der Waals surface area contributed by atoms with Crippen molar-refractivity contribution in [2.75, 3.05) is 14.2 Å². The fourth-order valence-electron chi connectivity index (χ4n) is 3.74. The van der Waals surface area contributed by atoms with Crippen LogP contribution < -0.4 is 15.2 Å². The first kappa shape index (κ1) is 19.7. The number of benzene rings is 3. The third-order valence-electron chi connectivity index (χ3n) is 5.35. The summed E-state index contributed by atoms with van der Waals surface area (Å²) in [6.07, 6.45) is 0. The summed E-state index contributed by atoms with van der Waals surface area (Å²) in [6.45, 7) is 0.0735. The monoisotopic (exact) mass is 430 g/mol. The molecule has 0 aliphatic carbocycles. The number of ether oxygens (including phenoxy) is 2. The Balaban J connectivity index is 1.75. The Morgan fingerprint density at radius 2 is 1.62 bits per heavy atom. The molecular weight excluding hydrogens is 411 g/mol. The van der Waals surface area contributed by atoms with Gasteiger partial charge in [0, 0.05) is 22.6 Å². The quantitative estimate of drug-likeness (QED) is 0.423. The van der Waals surface area contributed by atoms with Crippen LogP contribution in [0.25, 0.3) is 27.9 Å². The van der Waals surface area contributed by atoms with Crippen LogP contribution in [-0.2, 0) is 6.54 Å². The maximum absolute atomic E-state index is 14.3. The summed E-state index contributed by atoms with van der Waals surface area (Å²) in [5.41, 5.74) is 1.73. The Morgan fingerprint density at radius 3 is 2.34 bits per heavy atom. The van der Waals surface area contributed by atoms with E-state index in [4.69, 9.17) is 9.47 Å². The van der Waals surface area contributed by atoms with Crippen molar-refractivity contribution < 1.29 is 13.9 Å². The molecule has 0 atom stereocenters. The molecule has 0 amide bonds. The van der Waals surface area contributed by atoms with Crippen molar-refractivity contribution in [1.29, 1.82) is 0 Å². The van der Waals surface area contributed by atoms with Crippen molar-refractivity contribution in [1.82, 2.24) is 19.2 Å². The van der Waals surface area contributed by atoms with Crippen molar-refractivity contribution in [2.24, 2.45) is 0 Å². The lowest BCUT2D eigenvalue weighted by Crippen LogP contribution is -2.28. The molecule has 0 fully saturated rings. The number of rotatable bonds is 5. The Kier molecular flexibility index (Phi) is 4.82. The van der Waals surface area contributed by atoms with Crippen molar-refractivity contribution in [3.8, 4) is 22.9 Å². The number of aromatic nitrogens is 4. The van der Waals surface area contributed by atoms with Gasteiger partial charge in [-0.1, -0.05) is 30.3 Å². The standard InChI is InChI=1S/C24H19FN4O3/c1-31-17-11-16(12-18(13-17)32-2)22-26-23-19-8-4-6-10-21(19)28(24(30)29(23)27-22)14-15-7-3-5-9-20(15)25/h3-13H,14H2,1-2H3. The van der Waals surface area contributed by atoms with E-state index in [1.54, 1.807) is 50.6 Å². The van der Waals surface area contributed by atoms with Crippen LogP contribution in [-0.4, -0.2) is 33.4 Å². The van der Waals surface area contributed by atoms with E-state index in [1.165, 1.54) is 15.1 Å². The highest BCUT2D eigenvalue weighted by molar-refractivity contribution is 5.92. The Labute approximate surface area is 182 Å². The first-order valence-electron chi connectivity index (χ1n) is 9.94. The molecule has 3 aromatic carbocycles. The largest absolute Gasteiger partial charge is 0.497 e. The van der Waals surface area contributed by atoms with Crippen LogP contribution in [0.1, 0.15) is 5.56 Å². The number of nitrogens with zero attached hydrogens (tertiary/aromatic N) is 4. The molecule has 0 N–H and O–H groups in total. The van der Waals surface area contributed by atoms with Gasteiger partial charge in [-0.05, 0) is 30.3 Å². The van der Waals surface area contributed by atoms with E-state index in [-0.39, 0.29) is 12.4 Å². The highest BCUT2D eigenvalue weighted by Gasteiger charge is 2.17. The molecule has 0 bridgehead atoms. The third-order valence-corrected chi connectivity index (χ3v) is 5.35. The zero-order valence-corrected chi connectivity index (χ0v) is 17.4. The number of halogens is 1. The summed E-state index contributed by atoms with van der Waals surface area (Å²) in [7, 11) is 3.12. The van der Waals surface area contributed by atoms with Gasteiger partial charge in [-0.15, -0.1) is 5.10 Å². The van der Waals surface area contributed by atoms with Gasteiger partial charge in [0.25, 0.3) is 0 Å². The van der Waals surface area contributed by atoms with Gasteiger partial charge in [0.05, 0.1) is 26.3 Å². The van der Waals surface area contributed by atoms with Gasteiger partial charge in [-0.3, -0.25) is 4.57 Å². The lowest BCUT2D eigenvalue weighted by atomic mass is 10.2. The summed E-state index contributed by atoms with van der Waals surface area (Å²) in [6, 6.07) is 19.1. The summed E-state index contributed by atoms with van der Waals surface area (Å²) in [5, 5.41) is 5.21. The van der Waals surface area contributed by atoms with E-state index in [2.05, 4.69) is 10.1 Å². The van der Waals surface area contributed by atoms with Crippen molar-refractivity contribution in [3.05, 3.63) is 88.6 Å². The van der Waals surface area contributed by atoms with Gasteiger partial charge in [0.15, 0.2) is 11.5 Å². The normalized spacial score (nSPS) is 11.2. The van der Waals surface area contributed by atoms with Crippen LogP contribution in [0.15, 0.2) is 71.5 Å². The molecular formula is C24H19FN4O3. The molecule has 0 unspecified atom stereocenters. The second-order valence-electron chi connectivity index (χ2n) is 7.25. The number of hydrogen-bond acceptors (Lipinski definition) is 5. The van der Waals surface area contributed by atoms with Gasteiger partial charge in [-0.2, -0.15) is 4.52 Å². The predicted molar refractivity (Wildman–Crippen MR) is 119 cm³/mol. The smallest absolute Gasteiger partial charge is 0.351 e. The Bertz CT molecular complexity index is 1500. The molecule has 0 spiro atoms. The maximum atomic E-state index is 14.3. The Hall–Kier alpha value is -4.20. The summed E-state index contributed by atoms with van der Waals surface area (Å²) in [5.74, 6) is 1.15. The molecule has 0 saturated heterocycles. The minimum absolute atomic E-state index is 0.0735. The van der Waals surface area contributed by atoms with Crippen molar-refractivity contribution >= 4 is 16.6 Å². The second-order valence-corrected chi connectivity index (χ2v) is 7.25. The van der Waals surface area contributed by atoms with Crippen LogP contribution in [0.4, 0.5) is 4.39 Å². The molecule has 5 aromatic rings. The molecule has 7 nitrogen and oxygen atoms in total. The van der Waals surface area contributed by atoms with Gasteiger partial charge in [-0.25, -0.2) is 14.2 Å². The lowest BCUT2D eigenvalue weighted by molar-refractivity contribution is 0.394. The SMILES string of the molecule is COc1cc(OC)cc(-c2nc3c4ccccc4n(Cc4ccccc4F)c(=O)n3n2)c1. The van der Waals surface area contributed by atoms with Crippen LogP contribution in [0.5, 0.6) is 11.5 Å². The summed E-state index contributed by atoms with van der Waals surface area (Å²) < 4.78 is 27.8. The van der Waals surface area contributed by atoms with Crippen LogP contribution in [0.3, 0.4) is 0 Å². The molecule has 5 rings (SSSR count). The highest BCUT2D eigenvalue weighted by atomic mass is 19.1. The molecule has 2 aromatic heterocycles. The van der Waals surface area contributed by atoms with Crippen LogP contribution >= 0.6 is 0 Å². The van der Waals surface area contributed by atoms with Crippen LogP contribution in [0.2, 0.25) is 0 Å². The van der Waals surface area contributed by atoms with Crippen molar-refractivity contribution in [3.63, 3.8) is 0 Å². The summed E-state index contributed by atoms with van der Waals surface area (Å²) in [4.78, 5) is 18.0. The van der Waals surface area contributed by atoms with Crippen LogP contribution in [0, 0.1) is 5.82 Å². The van der Waals surface area contributed by atoms with E-state index < -0.39 is 5.69 Å². The molecule has 0 saturated carbocycles. The fraction of sp³-hybridized carbons (Fsp3) is 0.125. The number of hydrogen-bond donors (Lipinski definition) is 0. The van der Waals surface area contributed by atoms with Gasteiger partial charge in [0.2, 0.25) is 0 Å². The summed E-state index contributed by atoms with van der Waals surface area (Å²) >= 11 is 0. The van der Waals surface area contributed by atoms with E-state index in [9.17, 15) is 9.18 Å².